The minimum atomic E-state index is -0.618. The van der Waals surface area contributed by atoms with Crippen molar-refractivity contribution in [3.05, 3.63) is 68.3 Å². The summed E-state index contributed by atoms with van der Waals surface area (Å²) in [5.74, 6) is -1.49. The number of halogens is 3. The molecule has 1 amide bonds. The minimum absolute atomic E-state index is 0.0401. The number of carbonyl (C=O) groups is 1. The number of likely N-dealkylation sites (N-methyl/N-ethyl adjacent to an activating group) is 1. The maximum absolute atomic E-state index is 14.0. The molecule has 6 heteroatoms. The van der Waals surface area contributed by atoms with Gasteiger partial charge in [0.25, 0.3) is 5.91 Å². The molecule has 128 valence electrons. The summed E-state index contributed by atoms with van der Waals surface area (Å²) in [6.07, 6.45) is 0. The molecule has 0 heterocycles. The van der Waals surface area contributed by atoms with Crippen LogP contribution in [0.5, 0.6) is 0 Å². The third-order valence-corrected chi connectivity index (χ3v) is 4.72. The van der Waals surface area contributed by atoms with Gasteiger partial charge in [-0.25, -0.2) is 8.78 Å². The van der Waals surface area contributed by atoms with E-state index in [-0.39, 0.29) is 18.0 Å². The Morgan fingerprint density at radius 3 is 2.42 bits per heavy atom. The summed E-state index contributed by atoms with van der Waals surface area (Å²) in [6, 6.07) is 8.76. The highest BCUT2D eigenvalue weighted by Crippen LogP contribution is 2.24. The summed E-state index contributed by atoms with van der Waals surface area (Å²) in [5, 5.41) is 2.78. The van der Waals surface area contributed by atoms with Crippen LogP contribution in [0.3, 0.4) is 0 Å². The molecule has 1 N–H and O–H groups in total. The van der Waals surface area contributed by atoms with Crippen LogP contribution in [0.2, 0.25) is 0 Å². The second-order valence-electron chi connectivity index (χ2n) is 5.81. The molecule has 2 rings (SSSR count). The van der Waals surface area contributed by atoms with Crippen LogP contribution in [0.4, 0.5) is 8.78 Å². The highest BCUT2D eigenvalue weighted by Gasteiger charge is 2.23. The number of aryl methyl sites for hydroxylation is 1. The van der Waals surface area contributed by atoms with E-state index >= 15 is 0 Å². The maximum Gasteiger partial charge on any atom is 0.252 e. The lowest BCUT2D eigenvalue weighted by Gasteiger charge is -2.26. The van der Waals surface area contributed by atoms with Crippen LogP contribution < -0.4 is 5.32 Å². The quantitative estimate of drug-likeness (QED) is 0.710. The number of benzene rings is 2. The van der Waals surface area contributed by atoms with Gasteiger partial charge in [-0.05, 0) is 67.9 Å². The van der Waals surface area contributed by atoms with E-state index in [1.807, 2.05) is 19.1 Å². The molecule has 2 aromatic rings. The van der Waals surface area contributed by atoms with Gasteiger partial charge in [0.1, 0.15) is 11.6 Å². The summed E-state index contributed by atoms with van der Waals surface area (Å²) >= 11 is 2.09. The second-order valence-corrected chi connectivity index (χ2v) is 6.97. The zero-order valence-electron chi connectivity index (χ0n) is 13.7. The van der Waals surface area contributed by atoms with Crippen molar-refractivity contribution in [2.75, 3.05) is 20.6 Å². The van der Waals surface area contributed by atoms with Crippen LogP contribution in [0.1, 0.15) is 27.5 Å². The van der Waals surface area contributed by atoms with E-state index in [0.717, 1.165) is 9.13 Å². The fraction of sp³-hybridized carbons (Fsp3) is 0.278. The third kappa shape index (κ3) is 4.30. The van der Waals surface area contributed by atoms with E-state index in [9.17, 15) is 13.6 Å². The standard InChI is InChI=1S/C18H19F2IN2O/c1-11-7-8-15(21)12(9-11)18(24)22-10-16(23(2)3)17-13(19)5-4-6-14(17)20/h4-9,16H,10H2,1-3H3,(H,22,24). The summed E-state index contributed by atoms with van der Waals surface area (Å²) in [5.41, 5.74) is 1.49. The van der Waals surface area contributed by atoms with Crippen molar-refractivity contribution >= 4 is 28.5 Å². The fourth-order valence-corrected chi connectivity index (χ4v) is 3.05. The van der Waals surface area contributed by atoms with E-state index in [1.165, 1.54) is 18.2 Å². The summed E-state index contributed by atoms with van der Waals surface area (Å²) in [7, 11) is 3.44. The van der Waals surface area contributed by atoms with Crippen molar-refractivity contribution in [3.8, 4) is 0 Å². The molecular formula is C18H19F2IN2O. The second kappa shape index (κ2) is 8.02. The molecular weight excluding hydrogens is 425 g/mol. The number of nitrogens with zero attached hydrogens (tertiary/aromatic N) is 1. The number of rotatable bonds is 5. The van der Waals surface area contributed by atoms with Crippen molar-refractivity contribution in [2.45, 2.75) is 13.0 Å². The minimum Gasteiger partial charge on any atom is -0.350 e. The van der Waals surface area contributed by atoms with Crippen molar-refractivity contribution in [2.24, 2.45) is 0 Å². The average molecular weight is 444 g/mol. The van der Waals surface area contributed by atoms with E-state index in [4.69, 9.17) is 0 Å². The molecule has 24 heavy (non-hydrogen) atoms. The molecule has 0 radical (unpaired) electrons. The Morgan fingerprint density at radius 1 is 1.21 bits per heavy atom. The van der Waals surface area contributed by atoms with Crippen molar-refractivity contribution < 1.29 is 13.6 Å². The molecule has 0 aliphatic heterocycles. The molecule has 0 aromatic heterocycles. The van der Waals surface area contributed by atoms with E-state index in [2.05, 4.69) is 27.9 Å². The van der Waals surface area contributed by atoms with Crippen LogP contribution in [-0.4, -0.2) is 31.4 Å². The predicted molar refractivity (Wildman–Crippen MR) is 99.0 cm³/mol. The van der Waals surface area contributed by atoms with Crippen molar-refractivity contribution in [1.29, 1.82) is 0 Å². The largest absolute Gasteiger partial charge is 0.350 e. The van der Waals surface area contributed by atoms with Gasteiger partial charge in [0.15, 0.2) is 0 Å². The number of carbonyl (C=O) groups excluding carboxylic acids is 1. The fourth-order valence-electron chi connectivity index (χ4n) is 2.47. The predicted octanol–water partition coefficient (Wildman–Crippen LogP) is 3.91. The zero-order chi connectivity index (χ0) is 17.9. The topological polar surface area (TPSA) is 32.3 Å². The van der Waals surface area contributed by atoms with Gasteiger partial charge in [0.05, 0.1) is 11.6 Å². The van der Waals surface area contributed by atoms with Crippen LogP contribution in [0.25, 0.3) is 0 Å². The first-order valence-corrected chi connectivity index (χ1v) is 8.53. The van der Waals surface area contributed by atoms with E-state index < -0.39 is 17.7 Å². The molecule has 1 unspecified atom stereocenters. The lowest BCUT2D eigenvalue weighted by Crippen LogP contribution is -2.35. The highest BCUT2D eigenvalue weighted by molar-refractivity contribution is 14.1. The molecule has 1 atom stereocenters. The first-order valence-electron chi connectivity index (χ1n) is 7.46. The summed E-state index contributed by atoms with van der Waals surface area (Å²) < 4.78 is 28.9. The lowest BCUT2D eigenvalue weighted by molar-refractivity contribution is 0.0939. The molecule has 0 fully saturated rings. The smallest absolute Gasteiger partial charge is 0.252 e. The molecule has 0 saturated heterocycles. The maximum atomic E-state index is 14.0. The summed E-state index contributed by atoms with van der Waals surface area (Å²) in [4.78, 5) is 14.1. The van der Waals surface area contributed by atoms with Crippen LogP contribution in [-0.2, 0) is 0 Å². The van der Waals surface area contributed by atoms with Gasteiger partial charge in [0, 0.05) is 15.7 Å². The molecule has 0 bridgehead atoms. The van der Waals surface area contributed by atoms with E-state index in [0.29, 0.717) is 5.56 Å². The summed E-state index contributed by atoms with van der Waals surface area (Å²) in [6.45, 7) is 2.01. The first-order chi connectivity index (χ1) is 11.3. The zero-order valence-corrected chi connectivity index (χ0v) is 15.9. The molecule has 2 aromatic carbocycles. The molecule has 0 saturated carbocycles. The van der Waals surface area contributed by atoms with Gasteiger partial charge in [0.2, 0.25) is 0 Å². The number of hydrogen-bond donors (Lipinski definition) is 1. The SMILES string of the molecule is Cc1ccc(I)c(C(=O)NCC(c2c(F)cccc2F)N(C)C)c1. The number of nitrogens with one attached hydrogen (secondary N) is 1. The number of hydrogen-bond acceptors (Lipinski definition) is 2. The van der Waals surface area contributed by atoms with Gasteiger partial charge in [-0.3, -0.25) is 4.79 Å². The molecule has 0 aliphatic rings. The van der Waals surface area contributed by atoms with Gasteiger partial charge < -0.3 is 10.2 Å². The first kappa shape index (κ1) is 18.8. The Kier molecular flexibility index (Phi) is 6.28. The molecule has 0 spiro atoms. The van der Waals surface area contributed by atoms with Crippen LogP contribution in [0.15, 0.2) is 36.4 Å². The third-order valence-electron chi connectivity index (χ3n) is 3.78. The molecule has 0 aliphatic carbocycles. The van der Waals surface area contributed by atoms with Crippen LogP contribution >= 0.6 is 22.6 Å². The van der Waals surface area contributed by atoms with Gasteiger partial charge in [-0.1, -0.05) is 17.7 Å². The Balaban J connectivity index is 2.21. The lowest BCUT2D eigenvalue weighted by atomic mass is 10.0. The van der Waals surface area contributed by atoms with E-state index in [1.54, 1.807) is 25.1 Å². The average Bonchev–Trinajstić information content (AvgIpc) is 2.51. The normalized spacial score (nSPS) is 12.3. The van der Waals surface area contributed by atoms with Crippen molar-refractivity contribution in [1.82, 2.24) is 10.2 Å². The van der Waals surface area contributed by atoms with Gasteiger partial charge in [-0.15, -0.1) is 0 Å². The highest BCUT2D eigenvalue weighted by atomic mass is 127. The van der Waals surface area contributed by atoms with Gasteiger partial charge >= 0.3 is 0 Å². The van der Waals surface area contributed by atoms with Crippen molar-refractivity contribution in [3.63, 3.8) is 0 Å². The van der Waals surface area contributed by atoms with Crippen LogP contribution in [0, 0.1) is 22.1 Å². The monoisotopic (exact) mass is 444 g/mol. The van der Waals surface area contributed by atoms with Gasteiger partial charge in [-0.2, -0.15) is 0 Å². The molecule has 3 nitrogen and oxygen atoms in total. The number of amides is 1. The Bertz CT molecular complexity index is 730. The Morgan fingerprint density at radius 2 is 1.83 bits per heavy atom. The Labute approximate surface area is 154 Å². The Hall–Kier alpha value is -1.54.